The molecule has 0 atom stereocenters. The molecule has 0 saturated carbocycles. The number of nitrogens with zero attached hydrogens (tertiary/aromatic N) is 5. The van der Waals surface area contributed by atoms with Gasteiger partial charge in [-0.2, -0.15) is 4.98 Å². The van der Waals surface area contributed by atoms with Crippen molar-refractivity contribution < 1.29 is 8.81 Å². The Balaban J connectivity index is 1.43. The average molecular weight is 329 g/mol. The molecule has 2 aromatic heterocycles. The molecule has 1 fully saturated rings. The molecule has 0 spiro atoms. The number of aromatic nitrogens is 5. The normalized spacial score (nSPS) is 15.8. The molecule has 1 aromatic carbocycles. The van der Waals surface area contributed by atoms with E-state index in [9.17, 15) is 4.39 Å². The summed E-state index contributed by atoms with van der Waals surface area (Å²) in [6.45, 7) is 1.60. The van der Waals surface area contributed by atoms with Crippen molar-refractivity contribution in [2.45, 2.75) is 18.8 Å². The molecule has 1 saturated heterocycles. The SMILES string of the molecule is Nc1n[nH]c(N2CCC(c3nnc(-c4ccc(F)cc4)o3)CC2)n1. The van der Waals surface area contributed by atoms with Crippen molar-refractivity contribution in [3.63, 3.8) is 0 Å². The van der Waals surface area contributed by atoms with E-state index >= 15 is 0 Å². The number of benzene rings is 1. The lowest BCUT2D eigenvalue weighted by atomic mass is 9.97. The van der Waals surface area contributed by atoms with Gasteiger partial charge in [0.25, 0.3) is 0 Å². The highest BCUT2D eigenvalue weighted by atomic mass is 19.1. The summed E-state index contributed by atoms with van der Waals surface area (Å²) < 4.78 is 18.8. The molecule has 9 heteroatoms. The molecule has 24 heavy (non-hydrogen) atoms. The first-order valence-corrected chi connectivity index (χ1v) is 7.71. The number of halogens is 1. The fraction of sp³-hybridized carbons (Fsp3) is 0.333. The van der Waals surface area contributed by atoms with Crippen LogP contribution in [0.4, 0.5) is 16.3 Å². The number of H-pyrrole nitrogens is 1. The van der Waals surface area contributed by atoms with E-state index in [4.69, 9.17) is 10.2 Å². The third-order valence-electron chi connectivity index (χ3n) is 4.17. The van der Waals surface area contributed by atoms with Crippen LogP contribution in [-0.2, 0) is 0 Å². The Kier molecular flexibility index (Phi) is 3.60. The van der Waals surface area contributed by atoms with Gasteiger partial charge in [0.05, 0.1) is 0 Å². The van der Waals surface area contributed by atoms with Crippen molar-refractivity contribution in [1.29, 1.82) is 0 Å². The molecule has 1 aliphatic heterocycles. The van der Waals surface area contributed by atoms with Gasteiger partial charge in [0.1, 0.15) is 5.82 Å². The van der Waals surface area contributed by atoms with E-state index in [0.717, 1.165) is 25.9 Å². The topological polar surface area (TPSA) is 110 Å². The molecule has 0 amide bonds. The minimum atomic E-state index is -0.293. The van der Waals surface area contributed by atoms with Crippen LogP contribution in [0.15, 0.2) is 28.7 Å². The van der Waals surface area contributed by atoms with E-state index in [2.05, 4.69) is 30.3 Å². The highest BCUT2D eigenvalue weighted by Gasteiger charge is 2.26. The molecule has 0 radical (unpaired) electrons. The molecule has 1 aliphatic rings. The maximum atomic E-state index is 13.0. The molecule has 3 aromatic rings. The van der Waals surface area contributed by atoms with E-state index in [-0.39, 0.29) is 17.7 Å². The summed E-state index contributed by atoms with van der Waals surface area (Å²) >= 11 is 0. The second-order valence-corrected chi connectivity index (χ2v) is 5.73. The summed E-state index contributed by atoms with van der Waals surface area (Å²) in [6, 6.07) is 6.01. The molecular formula is C15H16FN7O. The largest absolute Gasteiger partial charge is 0.420 e. The van der Waals surface area contributed by atoms with Gasteiger partial charge in [0.15, 0.2) is 0 Å². The summed E-state index contributed by atoms with van der Waals surface area (Å²) in [4.78, 5) is 6.23. The second-order valence-electron chi connectivity index (χ2n) is 5.73. The molecule has 0 aliphatic carbocycles. The number of nitrogens with two attached hydrogens (primary N) is 1. The zero-order valence-electron chi connectivity index (χ0n) is 12.8. The Bertz CT molecular complexity index is 820. The Labute approximate surface area is 136 Å². The van der Waals surface area contributed by atoms with Gasteiger partial charge in [-0.05, 0) is 37.1 Å². The van der Waals surface area contributed by atoms with Crippen LogP contribution in [0.2, 0.25) is 0 Å². The Hall–Kier alpha value is -2.97. The van der Waals surface area contributed by atoms with Crippen molar-refractivity contribution in [2.75, 3.05) is 23.7 Å². The van der Waals surface area contributed by atoms with Crippen molar-refractivity contribution >= 4 is 11.9 Å². The molecule has 3 N–H and O–H groups in total. The number of nitrogen functional groups attached to an aromatic ring is 1. The fourth-order valence-corrected chi connectivity index (χ4v) is 2.85. The van der Waals surface area contributed by atoms with Crippen LogP contribution in [-0.4, -0.2) is 38.5 Å². The Morgan fingerprint density at radius 3 is 2.58 bits per heavy atom. The van der Waals surface area contributed by atoms with Gasteiger partial charge in [-0.15, -0.1) is 15.3 Å². The maximum absolute atomic E-state index is 13.0. The van der Waals surface area contributed by atoms with E-state index < -0.39 is 0 Å². The number of aromatic amines is 1. The summed E-state index contributed by atoms with van der Waals surface area (Å²) in [5.74, 6) is 1.86. The number of anilines is 2. The number of piperidine rings is 1. The minimum absolute atomic E-state index is 0.197. The number of rotatable bonds is 3. The molecular weight excluding hydrogens is 313 g/mol. The lowest BCUT2D eigenvalue weighted by Gasteiger charge is -2.29. The predicted octanol–water partition coefficient (Wildman–Crippen LogP) is 1.96. The highest BCUT2D eigenvalue weighted by molar-refractivity contribution is 5.52. The van der Waals surface area contributed by atoms with Crippen LogP contribution in [0.5, 0.6) is 0 Å². The van der Waals surface area contributed by atoms with Crippen molar-refractivity contribution in [1.82, 2.24) is 25.4 Å². The first-order valence-electron chi connectivity index (χ1n) is 7.71. The first-order chi connectivity index (χ1) is 11.7. The van der Waals surface area contributed by atoms with Crippen molar-refractivity contribution in [3.05, 3.63) is 36.0 Å². The molecule has 8 nitrogen and oxygen atoms in total. The maximum Gasteiger partial charge on any atom is 0.247 e. The third kappa shape index (κ3) is 2.80. The van der Waals surface area contributed by atoms with Gasteiger partial charge in [0.2, 0.25) is 23.7 Å². The van der Waals surface area contributed by atoms with Crippen LogP contribution < -0.4 is 10.6 Å². The highest BCUT2D eigenvalue weighted by Crippen LogP contribution is 2.30. The van der Waals surface area contributed by atoms with Crippen molar-refractivity contribution in [3.8, 4) is 11.5 Å². The third-order valence-corrected chi connectivity index (χ3v) is 4.17. The molecule has 124 valence electrons. The summed E-state index contributed by atoms with van der Waals surface area (Å²) in [6.07, 6.45) is 1.73. The van der Waals surface area contributed by atoms with Crippen LogP contribution in [0, 0.1) is 5.82 Å². The lowest BCUT2D eigenvalue weighted by Crippen LogP contribution is -2.33. The van der Waals surface area contributed by atoms with Gasteiger partial charge in [-0.3, -0.25) is 0 Å². The van der Waals surface area contributed by atoms with Crippen LogP contribution in [0.1, 0.15) is 24.7 Å². The predicted molar refractivity (Wildman–Crippen MR) is 84.7 cm³/mol. The fourth-order valence-electron chi connectivity index (χ4n) is 2.85. The smallest absolute Gasteiger partial charge is 0.247 e. The van der Waals surface area contributed by atoms with Gasteiger partial charge in [-0.25, -0.2) is 9.49 Å². The Morgan fingerprint density at radius 1 is 1.17 bits per heavy atom. The van der Waals surface area contributed by atoms with Gasteiger partial charge in [-0.1, -0.05) is 0 Å². The summed E-state index contributed by atoms with van der Waals surface area (Å²) in [7, 11) is 0. The van der Waals surface area contributed by atoms with Crippen LogP contribution in [0.3, 0.4) is 0 Å². The van der Waals surface area contributed by atoms with Crippen LogP contribution in [0.25, 0.3) is 11.5 Å². The Morgan fingerprint density at radius 2 is 1.92 bits per heavy atom. The first kappa shape index (κ1) is 14.6. The minimum Gasteiger partial charge on any atom is -0.420 e. The molecule has 0 unspecified atom stereocenters. The number of hydrogen-bond acceptors (Lipinski definition) is 7. The lowest BCUT2D eigenvalue weighted by molar-refractivity contribution is 0.397. The molecule has 4 rings (SSSR count). The van der Waals surface area contributed by atoms with Gasteiger partial charge >= 0.3 is 0 Å². The van der Waals surface area contributed by atoms with Gasteiger partial charge < -0.3 is 15.1 Å². The zero-order valence-corrected chi connectivity index (χ0v) is 12.8. The summed E-state index contributed by atoms with van der Waals surface area (Å²) in [5.41, 5.74) is 6.25. The van der Waals surface area contributed by atoms with E-state index in [1.165, 1.54) is 12.1 Å². The van der Waals surface area contributed by atoms with E-state index in [1.54, 1.807) is 12.1 Å². The second kappa shape index (κ2) is 5.91. The van der Waals surface area contributed by atoms with E-state index in [0.29, 0.717) is 23.3 Å². The zero-order chi connectivity index (χ0) is 16.5. The monoisotopic (exact) mass is 329 g/mol. The molecule has 3 heterocycles. The summed E-state index contributed by atoms with van der Waals surface area (Å²) in [5, 5.41) is 14.9. The number of hydrogen-bond donors (Lipinski definition) is 2. The van der Waals surface area contributed by atoms with Crippen LogP contribution >= 0.6 is 0 Å². The average Bonchev–Trinajstić information content (AvgIpc) is 3.25. The standard InChI is InChI=1S/C15H16FN7O/c16-11-3-1-9(2-4-11)12-19-20-13(24-12)10-5-7-23(8-6-10)15-18-14(17)21-22-15/h1-4,10H,5-8H2,(H3,17,18,21,22). The number of nitrogens with one attached hydrogen (secondary N) is 1. The quantitative estimate of drug-likeness (QED) is 0.755. The molecule has 0 bridgehead atoms. The van der Waals surface area contributed by atoms with E-state index in [1.807, 2.05) is 0 Å². The van der Waals surface area contributed by atoms with Crippen molar-refractivity contribution in [2.24, 2.45) is 0 Å². The van der Waals surface area contributed by atoms with Gasteiger partial charge in [0, 0.05) is 24.6 Å².